The normalized spacial score (nSPS) is 24.1. The summed E-state index contributed by atoms with van der Waals surface area (Å²) < 4.78 is 0. The van der Waals surface area contributed by atoms with Gasteiger partial charge in [-0.3, -0.25) is 4.79 Å². The molecule has 2 unspecified atom stereocenters. The van der Waals surface area contributed by atoms with Gasteiger partial charge >= 0.3 is 0 Å². The summed E-state index contributed by atoms with van der Waals surface area (Å²) in [6, 6.07) is 5.54. The van der Waals surface area contributed by atoms with Crippen LogP contribution in [0.1, 0.15) is 24.2 Å². The third-order valence-electron chi connectivity index (χ3n) is 2.95. The minimum absolute atomic E-state index is 0.0143. The summed E-state index contributed by atoms with van der Waals surface area (Å²) in [6.07, 6.45) is 0. The molecule has 0 spiro atoms. The Bertz CT molecular complexity index is 434. The Kier molecular flexibility index (Phi) is 4.15. The van der Waals surface area contributed by atoms with Gasteiger partial charge in [0.25, 0.3) is 5.91 Å². The van der Waals surface area contributed by atoms with Crippen LogP contribution in [-0.2, 0) is 0 Å². The highest BCUT2D eigenvalue weighted by atomic mass is 35.5. The average molecular weight is 287 g/mol. The van der Waals surface area contributed by atoms with E-state index < -0.39 is 0 Å². The molecule has 0 saturated carbocycles. The molecule has 0 aromatic heterocycles. The highest BCUT2D eigenvalue weighted by Gasteiger charge is 2.25. The summed E-state index contributed by atoms with van der Waals surface area (Å²) in [5, 5.41) is 4.37. The first kappa shape index (κ1) is 13.7. The Morgan fingerprint density at radius 1 is 1.17 bits per heavy atom. The molecule has 5 heteroatoms. The van der Waals surface area contributed by atoms with Crippen molar-refractivity contribution < 1.29 is 4.79 Å². The molecule has 1 amide bonds. The lowest BCUT2D eigenvalue weighted by Gasteiger charge is -2.36. The van der Waals surface area contributed by atoms with Gasteiger partial charge in [0.05, 0.1) is 0 Å². The Morgan fingerprint density at radius 2 is 1.67 bits per heavy atom. The van der Waals surface area contributed by atoms with Crippen LogP contribution in [0.15, 0.2) is 18.2 Å². The summed E-state index contributed by atoms with van der Waals surface area (Å²) >= 11 is 11.8. The monoisotopic (exact) mass is 286 g/mol. The van der Waals surface area contributed by atoms with Crippen molar-refractivity contribution in [1.82, 2.24) is 10.2 Å². The maximum Gasteiger partial charge on any atom is 0.254 e. The first-order valence-corrected chi connectivity index (χ1v) is 6.72. The number of benzene rings is 1. The molecule has 1 N–H and O–H groups in total. The molecule has 1 aromatic rings. The van der Waals surface area contributed by atoms with Crippen molar-refractivity contribution in [2.45, 2.75) is 25.9 Å². The van der Waals surface area contributed by atoms with E-state index in [1.807, 2.05) is 4.90 Å². The Labute approximate surface area is 117 Å². The number of amides is 1. The Balaban J connectivity index is 2.20. The van der Waals surface area contributed by atoms with E-state index in [-0.39, 0.29) is 5.91 Å². The van der Waals surface area contributed by atoms with Gasteiger partial charge in [-0.05, 0) is 32.0 Å². The second-order valence-electron chi connectivity index (χ2n) is 4.84. The van der Waals surface area contributed by atoms with Crippen LogP contribution in [0.5, 0.6) is 0 Å². The predicted molar refractivity (Wildman–Crippen MR) is 74.4 cm³/mol. The maximum absolute atomic E-state index is 12.4. The van der Waals surface area contributed by atoms with Crippen molar-refractivity contribution in [3.63, 3.8) is 0 Å². The van der Waals surface area contributed by atoms with Crippen LogP contribution >= 0.6 is 23.2 Å². The first-order chi connectivity index (χ1) is 8.45. The van der Waals surface area contributed by atoms with Gasteiger partial charge in [0.1, 0.15) is 0 Å². The molecule has 0 radical (unpaired) electrons. The molecule has 2 rings (SSSR count). The van der Waals surface area contributed by atoms with E-state index in [1.165, 1.54) is 0 Å². The number of nitrogens with zero attached hydrogens (tertiary/aromatic N) is 1. The van der Waals surface area contributed by atoms with Gasteiger partial charge in [-0.2, -0.15) is 0 Å². The molecule has 3 nitrogen and oxygen atoms in total. The fraction of sp³-hybridized carbons (Fsp3) is 0.462. The SMILES string of the molecule is CC1CN(C(=O)c2cc(Cl)cc(Cl)c2)CC(C)N1. The van der Waals surface area contributed by atoms with Crippen LogP contribution in [0.2, 0.25) is 10.0 Å². The van der Waals surface area contributed by atoms with Crippen molar-refractivity contribution in [3.8, 4) is 0 Å². The van der Waals surface area contributed by atoms with E-state index in [9.17, 15) is 4.79 Å². The number of nitrogens with one attached hydrogen (secondary N) is 1. The quantitative estimate of drug-likeness (QED) is 0.861. The lowest BCUT2D eigenvalue weighted by atomic mass is 10.1. The third-order valence-corrected chi connectivity index (χ3v) is 3.39. The number of halogens is 2. The number of rotatable bonds is 1. The molecule has 1 aliphatic heterocycles. The van der Waals surface area contributed by atoms with Crippen LogP contribution in [0, 0.1) is 0 Å². The molecular weight excluding hydrogens is 271 g/mol. The number of hydrogen-bond donors (Lipinski definition) is 1. The standard InChI is InChI=1S/C13H16Cl2N2O/c1-8-6-17(7-9(2)16-8)13(18)10-3-11(14)5-12(15)4-10/h3-5,8-9,16H,6-7H2,1-2H3. The fourth-order valence-electron chi connectivity index (χ4n) is 2.35. The van der Waals surface area contributed by atoms with E-state index in [1.54, 1.807) is 18.2 Å². The third kappa shape index (κ3) is 3.16. The van der Waals surface area contributed by atoms with E-state index in [0.717, 1.165) is 0 Å². The van der Waals surface area contributed by atoms with Gasteiger partial charge in [-0.15, -0.1) is 0 Å². The predicted octanol–water partition coefficient (Wildman–Crippen LogP) is 2.82. The fourth-order valence-corrected chi connectivity index (χ4v) is 2.88. The number of hydrogen-bond acceptors (Lipinski definition) is 2. The van der Waals surface area contributed by atoms with E-state index in [2.05, 4.69) is 19.2 Å². The summed E-state index contributed by atoms with van der Waals surface area (Å²) in [7, 11) is 0. The molecule has 1 saturated heterocycles. The van der Waals surface area contributed by atoms with Crippen molar-refractivity contribution in [3.05, 3.63) is 33.8 Å². The zero-order valence-electron chi connectivity index (χ0n) is 10.4. The van der Waals surface area contributed by atoms with Crippen LogP contribution in [0.4, 0.5) is 0 Å². The highest BCUT2D eigenvalue weighted by Crippen LogP contribution is 2.21. The molecule has 2 atom stereocenters. The van der Waals surface area contributed by atoms with E-state index >= 15 is 0 Å². The topological polar surface area (TPSA) is 32.3 Å². The van der Waals surface area contributed by atoms with Gasteiger partial charge in [0, 0.05) is 40.8 Å². The molecule has 1 aliphatic rings. The minimum atomic E-state index is -0.0143. The van der Waals surface area contributed by atoms with Gasteiger partial charge in [-0.1, -0.05) is 23.2 Å². The summed E-state index contributed by atoms with van der Waals surface area (Å²) in [4.78, 5) is 14.2. The summed E-state index contributed by atoms with van der Waals surface area (Å²) in [6.45, 7) is 5.54. The second-order valence-corrected chi connectivity index (χ2v) is 5.71. The molecule has 0 bridgehead atoms. The van der Waals surface area contributed by atoms with Gasteiger partial charge < -0.3 is 10.2 Å². The first-order valence-electron chi connectivity index (χ1n) is 5.97. The maximum atomic E-state index is 12.4. The zero-order valence-corrected chi connectivity index (χ0v) is 11.9. The summed E-state index contributed by atoms with van der Waals surface area (Å²) in [5.74, 6) is -0.0143. The van der Waals surface area contributed by atoms with Crippen molar-refractivity contribution >= 4 is 29.1 Å². The summed E-state index contributed by atoms with van der Waals surface area (Å²) in [5.41, 5.74) is 0.550. The minimum Gasteiger partial charge on any atom is -0.336 e. The highest BCUT2D eigenvalue weighted by molar-refractivity contribution is 6.35. The molecule has 0 aliphatic carbocycles. The number of carbonyl (C=O) groups is 1. The lowest BCUT2D eigenvalue weighted by molar-refractivity contribution is 0.0674. The Morgan fingerprint density at radius 3 is 2.17 bits per heavy atom. The smallest absolute Gasteiger partial charge is 0.254 e. The van der Waals surface area contributed by atoms with Gasteiger partial charge in [-0.25, -0.2) is 0 Å². The van der Waals surface area contributed by atoms with Crippen molar-refractivity contribution in [1.29, 1.82) is 0 Å². The molecule has 1 aromatic carbocycles. The molecule has 18 heavy (non-hydrogen) atoms. The second kappa shape index (κ2) is 5.47. The zero-order chi connectivity index (χ0) is 13.3. The largest absolute Gasteiger partial charge is 0.336 e. The van der Waals surface area contributed by atoms with E-state index in [4.69, 9.17) is 23.2 Å². The molecule has 1 heterocycles. The van der Waals surface area contributed by atoms with Crippen molar-refractivity contribution in [2.75, 3.05) is 13.1 Å². The van der Waals surface area contributed by atoms with Crippen LogP contribution < -0.4 is 5.32 Å². The lowest BCUT2D eigenvalue weighted by Crippen LogP contribution is -2.55. The number of piperazine rings is 1. The Hall–Kier alpha value is -0.770. The van der Waals surface area contributed by atoms with Crippen LogP contribution in [0.25, 0.3) is 0 Å². The number of carbonyl (C=O) groups excluding carboxylic acids is 1. The average Bonchev–Trinajstić information content (AvgIpc) is 2.25. The van der Waals surface area contributed by atoms with Gasteiger partial charge in [0.2, 0.25) is 0 Å². The van der Waals surface area contributed by atoms with Gasteiger partial charge in [0.15, 0.2) is 0 Å². The molecular formula is C13H16Cl2N2O. The molecule has 98 valence electrons. The van der Waals surface area contributed by atoms with Crippen LogP contribution in [0.3, 0.4) is 0 Å². The van der Waals surface area contributed by atoms with E-state index in [0.29, 0.717) is 40.8 Å². The van der Waals surface area contributed by atoms with Crippen molar-refractivity contribution in [2.24, 2.45) is 0 Å². The van der Waals surface area contributed by atoms with Crippen LogP contribution in [-0.4, -0.2) is 36.0 Å². The molecule has 1 fully saturated rings.